The SMILES string of the molecule is CCOC(=O)C1=C(C)N=c2sc(=Cc3ccc(OC)c(COc4ccccc4C)c3)c(=O)n2[C@H]1c1ccc(N(C)C)cc1. The van der Waals surface area contributed by atoms with E-state index in [0.717, 1.165) is 33.7 Å². The number of para-hydroxylation sites is 1. The summed E-state index contributed by atoms with van der Waals surface area (Å²) in [6.07, 6.45) is 1.84. The number of hydrogen-bond acceptors (Lipinski definition) is 8. The van der Waals surface area contributed by atoms with Crippen molar-refractivity contribution in [1.82, 2.24) is 4.57 Å². The maximum atomic E-state index is 14.0. The molecule has 0 aliphatic carbocycles. The molecule has 4 aromatic rings. The van der Waals surface area contributed by atoms with E-state index in [2.05, 4.69) is 4.99 Å². The Hall–Kier alpha value is -4.63. The predicted molar refractivity (Wildman–Crippen MR) is 170 cm³/mol. The molecule has 3 aromatic carbocycles. The summed E-state index contributed by atoms with van der Waals surface area (Å²) in [5, 5.41) is 0. The van der Waals surface area contributed by atoms with Crippen molar-refractivity contribution in [3.05, 3.63) is 120 Å². The van der Waals surface area contributed by atoms with Crippen LogP contribution in [0.2, 0.25) is 0 Å². The van der Waals surface area contributed by atoms with Crippen LogP contribution in [0.5, 0.6) is 11.5 Å². The van der Waals surface area contributed by atoms with E-state index in [-0.39, 0.29) is 12.2 Å². The van der Waals surface area contributed by atoms with E-state index in [1.54, 1.807) is 25.5 Å². The van der Waals surface area contributed by atoms with Gasteiger partial charge in [-0.05, 0) is 73.9 Å². The van der Waals surface area contributed by atoms with Crippen LogP contribution in [0.1, 0.15) is 42.1 Å². The van der Waals surface area contributed by atoms with Crippen molar-refractivity contribution in [1.29, 1.82) is 0 Å². The lowest BCUT2D eigenvalue weighted by Crippen LogP contribution is -2.39. The Morgan fingerprint density at radius 1 is 1.05 bits per heavy atom. The highest BCUT2D eigenvalue weighted by Crippen LogP contribution is 2.32. The smallest absolute Gasteiger partial charge is 0.338 e. The number of methoxy groups -OCH3 is 1. The number of ether oxygens (including phenoxy) is 3. The number of esters is 1. The summed E-state index contributed by atoms with van der Waals surface area (Å²) >= 11 is 1.29. The normalized spacial score (nSPS) is 14.7. The van der Waals surface area contributed by atoms with Crippen molar-refractivity contribution in [3.8, 4) is 11.5 Å². The minimum atomic E-state index is -0.664. The van der Waals surface area contributed by atoms with Crippen LogP contribution < -0.4 is 29.3 Å². The lowest BCUT2D eigenvalue weighted by atomic mass is 9.95. The zero-order valence-electron chi connectivity index (χ0n) is 25.2. The van der Waals surface area contributed by atoms with Gasteiger partial charge in [0, 0.05) is 25.3 Å². The van der Waals surface area contributed by atoms with Crippen molar-refractivity contribution in [2.24, 2.45) is 4.99 Å². The topological polar surface area (TPSA) is 82.4 Å². The minimum absolute atomic E-state index is 0.222. The quantitative estimate of drug-likeness (QED) is 0.259. The van der Waals surface area contributed by atoms with Crippen LogP contribution in [0.15, 0.2) is 87.8 Å². The molecule has 0 N–H and O–H groups in total. The lowest BCUT2D eigenvalue weighted by molar-refractivity contribution is -0.139. The van der Waals surface area contributed by atoms with E-state index in [1.807, 2.05) is 98.7 Å². The fourth-order valence-corrected chi connectivity index (χ4v) is 6.13. The highest BCUT2D eigenvalue weighted by molar-refractivity contribution is 7.07. The van der Waals surface area contributed by atoms with Crippen LogP contribution in [-0.4, -0.2) is 38.3 Å². The van der Waals surface area contributed by atoms with Gasteiger partial charge in [0.15, 0.2) is 4.80 Å². The van der Waals surface area contributed by atoms with Gasteiger partial charge in [0.05, 0.1) is 35.6 Å². The number of benzene rings is 3. The van der Waals surface area contributed by atoms with E-state index >= 15 is 0 Å². The van der Waals surface area contributed by atoms with Gasteiger partial charge in [-0.3, -0.25) is 9.36 Å². The number of rotatable bonds is 9. The number of allylic oxidation sites excluding steroid dienone is 1. The number of aryl methyl sites for hydroxylation is 1. The highest BCUT2D eigenvalue weighted by Gasteiger charge is 2.33. The Kier molecular flexibility index (Phi) is 8.82. The molecule has 5 rings (SSSR count). The summed E-state index contributed by atoms with van der Waals surface area (Å²) < 4.78 is 19.2. The monoisotopic (exact) mass is 597 g/mol. The molecular formula is C34H35N3O5S. The van der Waals surface area contributed by atoms with Crippen LogP contribution in [0.3, 0.4) is 0 Å². The average Bonchev–Trinajstić information content (AvgIpc) is 3.30. The molecule has 0 amide bonds. The summed E-state index contributed by atoms with van der Waals surface area (Å²) in [7, 11) is 5.55. The molecule has 0 fully saturated rings. The van der Waals surface area contributed by atoms with E-state index in [0.29, 0.717) is 33.0 Å². The molecule has 1 aliphatic heterocycles. The number of carbonyl (C=O) groups excluding carboxylic acids is 1. The number of aromatic nitrogens is 1. The number of anilines is 1. The minimum Gasteiger partial charge on any atom is -0.496 e. The molecule has 222 valence electrons. The maximum absolute atomic E-state index is 14.0. The zero-order chi connectivity index (χ0) is 30.7. The second-order valence-electron chi connectivity index (χ2n) is 10.4. The second-order valence-corrected chi connectivity index (χ2v) is 11.4. The van der Waals surface area contributed by atoms with E-state index in [1.165, 1.54) is 11.3 Å². The Bertz CT molecular complexity index is 1870. The summed E-state index contributed by atoms with van der Waals surface area (Å²) in [6, 6.07) is 20.8. The van der Waals surface area contributed by atoms with Crippen molar-refractivity contribution < 1.29 is 19.0 Å². The van der Waals surface area contributed by atoms with Crippen molar-refractivity contribution in [2.75, 3.05) is 32.7 Å². The largest absolute Gasteiger partial charge is 0.496 e. The third-order valence-electron chi connectivity index (χ3n) is 7.32. The van der Waals surface area contributed by atoms with Gasteiger partial charge < -0.3 is 19.1 Å². The Labute approximate surface area is 254 Å². The fraction of sp³-hybridized carbons (Fsp3) is 0.265. The summed E-state index contributed by atoms with van der Waals surface area (Å²) in [5.74, 6) is 1.02. The Morgan fingerprint density at radius 2 is 1.79 bits per heavy atom. The van der Waals surface area contributed by atoms with Gasteiger partial charge in [0.2, 0.25) is 0 Å². The van der Waals surface area contributed by atoms with Crippen molar-refractivity contribution in [2.45, 2.75) is 33.4 Å². The Balaban J connectivity index is 1.58. The number of nitrogens with zero attached hydrogens (tertiary/aromatic N) is 3. The molecule has 0 radical (unpaired) electrons. The molecule has 8 nitrogen and oxygen atoms in total. The van der Waals surface area contributed by atoms with Crippen molar-refractivity contribution >= 4 is 29.1 Å². The summed E-state index contributed by atoms with van der Waals surface area (Å²) in [4.78, 5) is 34.4. The van der Waals surface area contributed by atoms with E-state index in [4.69, 9.17) is 14.2 Å². The van der Waals surface area contributed by atoms with E-state index in [9.17, 15) is 9.59 Å². The van der Waals surface area contributed by atoms with Crippen LogP contribution in [-0.2, 0) is 16.1 Å². The number of fused-ring (bicyclic) bond motifs is 1. The van der Waals surface area contributed by atoms with Crippen LogP contribution in [0.4, 0.5) is 5.69 Å². The standard InChI is InChI=1S/C34H35N3O5S/c1-7-41-33(39)30-22(3)35-34-37(31(30)24-13-15-26(16-14-24)36(4)5)32(38)29(43-34)19-23-12-17-28(40-6)25(18-23)20-42-27-11-9-8-10-21(27)2/h8-19,31H,7,20H2,1-6H3/t31-/m0/s1. The van der Waals surface area contributed by atoms with Gasteiger partial charge in [0.25, 0.3) is 5.56 Å². The molecule has 0 unspecified atom stereocenters. The molecule has 2 heterocycles. The van der Waals surface area contributed by atoms with Gasteiger partial charge in [-0.25, -0.2) is 9.79 Å². The first kappa shape index (κ1) is 29.8. The van der Waals surface area contributed by atoms with Crippen LogP contribution >= 0.6 is 11.3 Å². The molecule has 1 aliphatic rings. The third kappa shape index (κ3) is 6.12. The predicted octanol–water partition coefficient (Wildman–Crippen LogP) is 4.76. The summed E-state index contributed by atoms with van der Waals surface area (Å²) in [5.41, 5.74) is 5.20. The second kappa shape index (κ2) is 12.7. The first-order chi connectivity index (χ1) is 20.7. The van der Waals surface area contributed by atoms with Crippen molar-refractivity contribution in [3.63, 3.8) is 0 Å². The Morgan fingerprint density at radius 3 is 2.47 bits per heavy atom. The molecule has 9 heteroatoms. The molecule has 1 aromatic heterocycles. The lowest BCUT2D eigenvalue weighted by Gasteiger charge is -2.25. The molecule has 1 atom stereocenters. The van der Waals surface area contributed by atoms with E-state index < -0.39 is 12.0 Å². The first-order valence-corrected chi connectivity index (χ1v) is 14.9. The fourth-order valence-electron chi connectivity index (χ4n) is 5.09. The third-order valence-corrected chi connectivity index (χ3v) is 8.30. The molecular weight excluding hydrogens is 562 g/mol. The number of carbonyl (C=O) groups is 1. The van der Waals surface area contributed by atoms with Gasteiger partial charge in [0.1, 0.15) is 18.1 Å². The van der Waals surface area contributed by atoms with Crippen LogP contribution in [0.25, 0.3) is 6.08 Å². The van der Waals surface area contributed by atoms with Gasteiger partial charge in [-0.1, -0.05) is 47.7 Å². The molecule has 0 spiro atoms. The summed E-state index contributed by atoms with van der Waals surface area (Å²) in [6.45, 7) is 6.08. The van der Waals surface area contributed by atoms with Gasteiger partial charge in [-0.2, -0.15) is 0 Å². The highest BCUT2D eigenvalue weighted by atomic mass is 32.1. The number of hydrogen-bond donors (Lipinski definition) is 0. The number of thiazole rings is 1. The first-order valence-electron chi connectivity index (χ1n) is 14.0. The molecule has 0 saturated carbocycles. The van der Waals surface area contributed by atoms with Gasteiger partial charge >= 0.3 is 5.97 Å². The molecule has 43 heavy (non-hydrogen) atoms. The average molecular weight is 598 g/mol. The zero-order valence-corrected chi connectivity index (χ0v) is 26.0. The van der Waals surface area contributed by atoms with Crippen LogP contribution in [0, 0.1) is 6.92 Å². The molecule has 0 bridgehead atoms. The maximum Gasteiger partial charge on any atom is 0.338 e. The van der Waals surface area contributed by atoms with Gasteiger partial charge in [-0.15, -0.1) is 0 Å². The molecule has 0 saturated heterocycles.